The number of benzene rings is 3. The van der Waals surface area contributed by atoms with Crippen molar-refractivity contribution >= 4 is 51.3 Å². The first-order valence-electron chi connectivity index (χ1n) is 11.0. The zero-order chi connectivity index (χ0) is 25.2. The van der Waals surface area contributed by atoms with E-state index in [1.54, 1.807) is 42.5 Å². The number of hydrazone groups is 1. The van der Waals surface area contributed by atoms with Gasteiger partial charge in [0, 0.05) is 5.56 Å². The Morgan fingerprint density at radius 3 is 2.46 bits per heavy atom. The number of rotatable bonds is 11. The number of carbonyl (C=O) groups is 1. The minimum absolute atomic E-state index is 0.279. The molecular formula is C26H25BrCl2N2O4. The molecule has 0 unspecified atom stereocenters. The van der Waals surface area contributed by atoms with Gasteiger partial charge in [-0.1, -0.05) is 36.2 Å². The highest BCUT2D eigenvalue weighted by Gasteiger charge is 2.13. The van der Waals surface area contributed by atoms with Crippen LogP contribution >= 0.6 is 39.1 Å². The van der Waals surface area contributed by atoms with Gasteiger partial charge in [0.25, 0.3) is 5.91 Å². The summed E-state index contributed by atoms with van der Waals surface area (Å²) in [5, 5.41) is 5.02. The molecule has 0 spiro atoms. The number of carbonyl (C=O) groups excluding carboxylic acids is 1. The summed E-state index contributed by atoms with van der Waals surface area (Å²) >= 11 is 15.6. The molecule has 6 nitrogen and oxygen atoms in total. The number of ether oxygens (including phenoxy) is 3. The molecule has 0 bridgehead atoms. The van der Waals surface area contributed by atoms with Gasteiger partial charge in [-0.25, -0.2) is 5.43 Å². The van der Waals surface area contributed by atoms with Gasteiger partial charge in [0.05, 0.1) is 33.9 Å². The predicted octanol–water partition coefficient (Wildman–Crippen LogP) is 7.29. The van der Waals surface area contributed by atoms with Gasteiger partial charge >= 0.3 is 0 Å². The molecule has 3 rings (SSSR count). The van der Waals surface area contributed by atoms with Crippen molar-refractivity contribution in [1.82, 2.24) is 5.43 Å². The van der Waals surface area contributed by atoms with Crippen molar-refractivity contribution in [2.75, 3.05) is 13.2 Å². The van der Waals surface area contributed by atoms with Crippen LogP contribution in [0, 0.1) is 0 Å². The Kier molecular flexibility index (Phi) is 10.3. The summed E-state index contributed by atoms with van der Waals surface area (Å²) in [5.74, 6) is 1.48. The second-order valence-corrected chi connectivity index (χ2v) is 9.04. The number of amides is 1. The molecule has 9 heteroatoms. The molecule has 1 amide bonds. The van der Waals surface area contributed by atoms with Crippen LogP contribution in [0.25, 0.3) is 0 Å². The highest BCUT2D eigenvalue weighted by atomic mass is 79.9. The normalized spacial score (nSPS) is 10.9. The molecule has 0 radical (unpaired) electrons. The van der Waals surface area contributed by atoms with E-state index >= 15 is 0 Å². The molecule has 0 aliphatic rings. The van der Waals surface area contributed by atoms with E-state index in [1.165, 1.54) is 6.21 Å². The fourth-order valence-corrected chi connectivity index (χ4v) is 3.90. The first-order chi connectivity index (χ1) is 16.9. The van der Waals surface area contributed by atoms with E-state index in [2.05, 4.69) is 26.5 Å². The molecule has 3 aromatic carbocycles. The first kappa shape index (κ1) is 26.9. The molecule has 3 aromatic rings. The van der Waals surface area contributed by atoms with Crippen LogP contribution in [-0.4, -0.2) is 25.3 Å². The molecule has 0 fully saturated rings. The second-order valence-electron chi connectivity index (χ2n) is 7.37. The predicted molar refractivity (Wildman–Crippen MR) is 143 cm³/mol. The average Bonchev–Trinajstić information content (AvgIpc) is 2.85. The number of halogens is 3. The Morgan fingerprint density at radius 1 is 1.00 bits per heavy atom. The summed E-state index contributed by atoms with van der Waals surface area (Å²) in [5.41, 5.74) is 4.59. The maximum absolute atomic E-state index is 12.4. The highest BCUT2D eigenvalue weighted by molar-refractivity contribution is 9.10. The smallest absolute Gasteiger partial charge is 0.271 e. The zero-order valence-corrected chi connectivity index (χ0v) is 22.4. The molecule has 0 aliphatic heterocycles. The van der Waals surface area contributed by atoms with Crippen LogP contribution in [0.3, 0.4) is 0 Å². The summed E-state index contributed by atoms with van der Waals surface area (Å²) in [6, 6.07) is 15.8. The molecule has 35 heavy (non-hydrogen) atoms. The summed E-state index contributed by atoms with van der Waals surface area (Å²) < 4.78 is 18.0. The third-order valence-electron chi connectivity index (χ3n) is 4.67. The minimum Gasteiger partial charge on any atom is -0.494 e. The maximum Gasteiger partial charge on any atom is 0.271 e. The maximum atomic E-state index is 12.4. The number of hydrogen-bond acceptors (Lipinski definition) is 5. The summed E-state index contributed by atoms with van der Waals surface area (Å²) in [6.07, 6.45) is 2.45. The number of hydrogen-bond donors (Lipinski definition) is 1. The van der Waals surface area contributed by atoms with Gasteiger partial charge in [-0.2, -0.15) is 5.10 Å². The van der Waals surface area contributed by atoms with E-state index in [0.717, 1.165) is 17.7 Å². The van der Waals surface area contributed by atoms with Crippen LogP contribution in [0.4, 0.5) is 0 Å². The quantitative estimate of drug-likeness (QED) is 0.191. The van der Waals surface area contributed by atoms with Crippen LogP contribution in [0.15, 0.2) is 64.2 Å². The van der Waals surface area contributed by atoms with Crippen molar-refractivity contribution in [3.05, 3.63) is 85.8 Å². The van der Waals surface area contributed by atoms with Crippen LogP contribution in [0.1, 0.15) is 41.8 Å². The lowest BCUT2D eigenvalue weighted by atomic mass is 10.2. The van der Waals surface area contributed by atoms with Gasteiger partial charge in [-0.15, -0.1) is 0 Å². The van der Waals surface area contributed by atoms with Gasteiger partial charge in [0.2, 0.25) is 0 Å². The SMILES string of the molecule is CCCOc1ccc(C(=O)N/N=C/c2cc(Br)c(OCc3ccc(Cl)c(Cl)c3)c(OCC)c2)cc1. The average molecular weight is 580 g/mol. The lowest BCUT2D eigenvalue weighted by Crippen LogP contribution is -2.17. The van der Waals surface area contributed by atoms with E-state index in [9.17, 15) is 4.79 Å². The first-order valence-corrected chi connectivity index (χ1v) is 12.6. The van der Waals surface area contributed by atoms with Crippen LogP contribution in [-0.2, 0) is 6.61 Å². The Morgan fingerprint density at radius 2 is 1.77 bits per heavy atom. The molecule has 0 saturated carbocycles. The van der Waals surface area contributed by atoms with Gasteiger partial charge in [-0.3, -0.25) is 4.79 Å². The monoisotopic (exact) mass is 578 g/mol. The number of nitrogens with zero attached hydrogens (tertiary/aromatic N) is 1. The van der Waals surface area contributed by atoms with Crippen molar-refractivity contribution in [1.29, 1.82) is 0 Å². The van der Waals surface area contributed by atoms with E-state index in [4.69, 9.17) is 37.4 Å². The van der Waals surface area contributed by atoms with Crippen molar-refractivity contribution < 1.29 is 19.0 Å². The number of nitrogens with one attached hydrogen (secondary N) is 1. The standard InChI is InChI=1S/C26H25BrCl2N2O4/c1-3-11-34-20-8-6-19(7-9-20)26(32)31-30-15-18-12-21(27)25(24(14-18)33-4-2)35-16-17-5-10-22(28)23(29)13-17/h5-10,12-15H,3-4,11,16H2,1-2H3,(H,31,32)/b30-15+. The van der Waals surface area contributed by atoms with Crippen LogP contribution in [0.2, 0.25) is 10.0 Å². The highest BCUT2D eigenvalue weighted by Crippen LogP contribution is 2.37. The fraction of sp³-hybridized carbons (Fsp3) is 0.231. The van der Waals surface area contributed by atoms with Crippen LogP contribution < -0.4 is 19.6 Å². The molecule has 0 saturated heterocycles. The van der Waals surface area contributed by atoms with Gasteiger partial charge < -0.3 is 14.2 Å². The molecule has 0 atom stereocenters. The third-order valence-corrected chi connectivity index (χ3v) is 6.00. The van der Waals surface area contributed by atoms with Crippen molar-refractivity contribution in [2.45, 2.75) is 26.9 Å². The van der Waals surface area contributed by atoms with E-state index in [0.29, 0.717) is 50.4 Å². The fourth-order valence-electron chi connectivity index (χ4n) is 3.00. The Balaban J connectivity index is 1.67. The lowest BCUT2D eigenvalue weighted by molar-refractivity contribution is 0.0955. The Hall–Kier alpha value is -2.74. The minimum atomic E-state index is -0.325. The van der Waals surface area contributed by atoms with E-state index < -0.39 is 0 Å². The largest absolute Gasteiger partial charge is 0.494 e. The van der Waals surface area contributed by atoms with E-state index in [-0.39, 0.29) is 12.5 Å². The summed E-state index contributed by atoms with van der Waals surface area (Å²) in [6.45, 7) is 5.28. The molecule has 1 N–H and O–H groups in total. The Labute approximate surface area is 223 Å². The van der Waals surface area contributed by atoms with Crippen molar-refractivity contribution in [3.63, 3.8) is 0 Å². The molecular weight excluding hydrogens is 555 g/mol. The molecule has 0 aliphatic carbocycles. The molecule has 184 valence electrons. The van der Waals surface area contributed by atoms with Gasteiger partial charge in [-0.05, 0) is 88.9 Å². The van der Waals surface area contributed by atoms with E-state index in [1.807, 2.05) is 26.0 Å². The summed E-state index contributed by atoms with van der Waals surface area (Å²) in [7, 11) is 0. The van der Waals surface area contributed by atoms with Gasteiger partial charge in [0.15, 0.2) is 11.5 Å². The molecule has 0 heterocycles. The third kappa shape index (κ3) is 7.88. The Bertz CT molecular complexity index is 1190. The lowest BCUT2D eigenvalue weighted by Gasteiger charge is -2.15. The van der Waals surface area contributed by atoms with Gasteiger partial charge in [0.1, 0.15) is 12.4 Å². The zero-order valence-electron chi connectivity index (χ0n) is 19.3. The summed E-state index contributed by atoms with van der Waals surface area (Å²) in [4.78, 5) is 12.4. The second kappa shape index (κ2) is 13.4. The van der Waals surface area contributed by atoms with Crippen molar-refractivity contribution in [3.8, 4) is 17.2 Å². The topological polar surface area (TPSA) is 69.2 Å². The van der Waals surface area contributed by atoms with Crippen molar-refractivity contribution in [2.24, 2.45) is 5.10 Å². The van der Waals surface area contributed by atoms with Crippen LogP contribution in [0.5, 0.6) is 17.2 Å². The molecule has 0 aromatic heterocycles.